The maximum atomic E-state index is 13.0. The third-order valence-electron chi connectivity index (χ3n) is 5.62. The third kappa shape index (κ3) is 7.14. The van der Waals surface area contributed by atoms with Gasteiger partial charge in [0, 0.05) is 18.0 Å². The van der Waals surface area contributed by atoms with E-state index < -0.39 is 5.41 Å². The maximum Gasteiger partial charge on any atom is 0.237 e. The van der Waals surface area contributed by atoms with Gasteiger partial charge in [0.1, 0.15) is 0 Å². The summed E-state index contributed by atoms with van der Waals surface area (Å²) in [5.74, 6) is 0.897. The molecule has 0 atom stereocenters. The highest BCUT2D eigenvalue weighted by molar-refractivity contribution is 5.78. The summed E-state index contributed by atoms with van der Waals surface area (Å²) in [5, 5.41) is 22.6. The van der Waals surface area contributed by atoms with Crippen LogP contribution in [0.15, 0.2) is 0 Å². The summed E-state index contributed by atoms with van der Waals surface area (Å²) in [5.41, 5.74) is -0.642. The minimum atomic E-state index is -0.642. The van der Waals surface area contributed by atoms with E-state index in [9.17, 15) is 15.0 Å². The summed E-state index contributed by atoms with van der Waals surface area (Å²) in [7, 11) is 0. The molecule has 0 aromatic heterocycles. The molecule has 0 spiro atoms. The lowest BCUT2D eigenvalue weighted by molar-refractivity contribution is -0.138. The monoisotopic (exact) mass is 371 g/mol. The van der Waals surface area contributed by atoms with Gasteiger partial charge < -0.3 is 20.4 Å². The summed E-state index contributed by atoms with van der Waals surface area (Å²) >= 11 is 0. The lowest BCUT2D eigenvalue weighted by Crippen LogP contribution is -2.54. The number of piperidine rings is 2. The van der Waals surface area contributed by atoms with Crippen LogP contribution in [-0.2, 0) is 4.79 Å². The molecule has 0 radical (unpaired) electrons. The molecule has 0 bridgehead atoms. The maximum absolute atomic E-state index is 13.0. The Hall–Kier alpha value is -0.690. The highest BCUT2D eigenvalue weighted by atomic mass is 16.3. The van der Waals surface area contributed by atoms with Gasteiger partial charge in [0.05, 0.1) is 19.8 Å². The van der Waals surface area contributed by atoms with Gasteiger partial charge in [-0.25, -0.2) is 0 Å². The first-order chi connectivity index (χ1) is 12.5. The largest absolute Gasteiger partial charge is 0.396 e. The van der Waals surface area contributed by atoms with Gasteiger partial charge in [-0.05, 0) is 57.8 Å². The molecule has 0 unspecified atom stereocenters. The Morgan fingerprint density at radius 1 is 1.12 bits per heavy atom. The molecular weight excluding hydrogens is 330 g/mol. The smallest absolute Gasteiger partial charge is 0.237 e. The quantitative estimate of drug-likeness (QED) is 0.629. The van der Waals surface area contributed by atoms with Crippen molar-refractivity contribution in [3.05, 3.63) is 0 Å². The SMILES string of the molecule is CC.CC1CCN(CC(=O)N(CC(C)(CO)CO)C2CCNCC2)CC1. The van der Waals surface area contributed by atoms with Gasteiger partial charge >= 0.3 is 0 Å². The molecule has 3 N–H and O–H groups in total. The number of amides is 1. The number of aliphatic hydroxyl groups excluding tert-OH is 2. The molecule has 2 heterocycles. The highest BCUT2D eigenvalue weighted by Gasteiger charge is 2.33. The Morgan fingerprint density at radius 3 is 2.15 bits per heavy atom. The average Bonchev–Trinajstić information content (AvgIpc) is 2.70. The number of carbonyl (C=O) groups is 1. The Balaban J connectivity index is 0.00000163. The van der Waals surface area contributed by atoms with E-state index >= 15 is 0 Å². The molecule has 26 heavy (non-hydrogen) atoms. The van der Waals surface area contributed by atoms with Gasteiger partial charge in [0.15, 0.2) is 0 Å². The van der Waals surface area contributed by atoms with E-state index in [1.807, 2.05) is 25.7 Å². The molecule has 2 aliphatic rings. The second kappa shape index (κ2) is 11.9. The van der Waals surface area contributed by atoms with Crippen molar-refractivity contribution in [1.29, 1.82) is 0 Å². The minimum Gasteiger partial charge on any atom is -0.396 e. The van der Waals surface area contributed by atoms with Crippen molar-refractivity contribution in [3.63, 3.8) is 0 Å². The molecule has 6 heteroatoms. The number of hydrogen-bond acceptors (Lipinski definition) is 5. The topological polar surface area (TPSA) is 76.0 Å². The van der Waals surface area contributed by atoms with Crippen molar-refractivity contribution in [2.45, 2.75) is 59.4 Å². The highest BCUT2D eigenvalue weighted by Crippen LogP contribution is 2.23. The van der Waals surface area contributed by atoms with Crippen LogP contribution < -0.4 is 5.32 Å². The molecule has 2 saturated heterocycles. The number of aliphatic hydroxyl groups is 2. The number of likely N-dealkylation sites (tertiary alicyclic amines) is 1. The fraction of sp³-hybridized carbons (Fsp3) is 0.950. The van der Waals surface area contributed by atoms with Crippen LogP contribution in [0.1, 0.15) is 53.4 Å². The van der Waals surface area contributed by atoms with Gasteiger partial charge in [-0.1, -0.05) is 27.7 Å². The van der Waals surface area contributed by atoms with Crippen LogP contribution in [0.2, 0.25) is 0 Å². The normalized spacial score (nSPS) is 20.4. The molecule has 0 saturated carbocycles. The van der Waals surface area contributed by atoms with Crippen LogP contribution in [0, 0.1) is 11.3 Å². The van der Waals surface area contributed by atoms with Crippen LogP contribution in [0.4, 0.5) is 0 Å². The zero-order valence-electron chi connectivity index (χ0n) is 17.3. The summed E-state index contributed by atoms with van der Waals surface area (Å²) < 4.78 is 0. The molecule has 2 fully saturated rings. The van der Waals surface area contributed by atoms with Gasteiger partial charge in [0.2, 0.25) is 5.91 Å². The Labute approximate surface area is 159 Å². The van der Waals surface area contributed by atoms with Gasteiger partial charge in [-0.3, -0.25) is 9.69 Å². The van der Waals surface area contributed by atoms with Crippen LogP contribution in [-0.4, -0.2) is 84.4 Å². The standard InChI is InChI=1S/C18H35N3O3.C2H6/c1-15-5-9-20(10-6-15)11-17(24)21(12-18(2,13-22)14-23)16-3-7-19-8-4-16;1-2/h15-16,19,22-23H,3-14H2,1-2H3;1-2H3. The van der Waals surface area contributed by atoms with Crippen LogP contribution >= 0.6 is 0 Å². The molecule has 0 aliphatic carbocycles. The van der Waals surface area contributed by atoms with E-state index in [4.69, 9.17) is 0 Å². The Bertz CT molecular complexity index is 388. The Morgan fingerprint density at radius 2 is 1.65 bits per heavy atom. The van der Waals surface area contributed by atoms with Crippen LogP contribution in [0.5, 0.6) is 0 Å². The predicted molar refractivity (Wildman–Crippen MR) is 106 cm³/mol. The van der Waals surface area contributed by atoms with E-state index in [2.05, 4.69) is 17.1 Å². The van der Waals surface area contributed by atoms with E-state index in [1.165, 1.54) is 0 Å². The second-order valence-electron chi connectivity index (χ2n) is 8.09. The van der Waals surface area contributed by atoms with Crippen molar-refractivity contribution in [2.24, 2.45) is 11.3 Å². The lowest BCUT2D eigenvalue weighted by Gasteiger charge is -2.41. The zero-order chi connectivity index (χ0) is 19.6. The number of nitrogens with one attached hydrogen (secondary N) is 1. The molecule has 1 amide bonds. The van der Waals surface area contributed by atoms with Crippen molar-refractivity contribution in [1.82, 2.24) is 15.1 Å². The average molecular weight is 372 g/mol. The second-order valence-corrected chi connectivity index (χ2v) is 8.09. The van der Waals surface area contributed by atoms with E-state index in [-0.39, 0.29) is 25.2 Å². The van der Waals surface area contributed by atoms with Crippen molar-refractivity contribution in [3.8, 4) is 0 Å². The van der Waals surface area contributed by atoms with Gasteiger partial charge in [-0.2, -0.15) is 0 Å². The fourth-order valence-corrected chi connectivity index (χ4v) is 3.60. The Kier molecular flexibility index (Phi) is 10.7. The molecule has 0 aromatic carbocycles. The summed E-state index contributed by atoms with van der Waals surface area (Å²) in [6.45, 7) is 12.6. The van der Waals surface area contributed by atoms with Crippen molar-refractivity contribution >= 4 is 5.91 Å². The first kappa shape index (κ1) is 23.3. The zero-order valence-corrected chi connectivity index (χ0v) is 17.3. The lowest BCUT2D eigenvalue weighted by atomic mass is 9.90. The number of nitrogens with zero attached hydrogens (tertiary/aromatic N) is 2. The molecule has 2 rings (SSSR count). The fourth-order valence-electron chi connectivity index (χ4n) is 3.60. The first-order valence-corrected chi connectivity index (χ1v) is 10.4. The molecule has 0 aromatic rings. The summed E-state index contributed by atoms with van der Waals surface area (Å²) in [6, 6.07) is 0.208. The van der Waals surface area contributed by atoms with Crippen molar-refractivity contribution in [2.75, 3.05) is 52.5 Å². The predicted octanol–water partition coefficient (Wildman–Crippen LogP) is 1.32. The molecular formula is C20H41N3O3. The van der Waals surface area contributed by atoms with Gasteiger partial charge in [-0.15, -0.1) is 0 Å². The first-order valence-electron chi connectivity index (χ1n) is 10.4. The van der Waals surface area contributed by atoms with E-state index in [0.29, 0.717) is 13.1 Å². The van der Waals surface area contributed by atoms with E-state index in [1.54, 1.807) is 0 Å². The summed E-state index contributed by atoms with van der Waals surface area (Å²) in [6.07, 6.45) is 4.20. The number of carbonyl (C=O) groups excluding carboxylic acids is 1. The molecule has 2 aliphatic heterocycles. The summed E-state index contributed by atoms with van der Waals surface area (Å²) in [4.78, 5) is 17.2. The van der Waals surface area contributed by atoms with Crippen LogP contribution in [0.3, 0.4) is 0 Å². The molecule has 154 valence electrons. The molecule has 6 nitrogen and oxygen atoms in total. The number of rotatable bonds is 7. The minimum absolute atomic E-state index is 0.112. The third-order valence-corrected chi connectivity index (χ3v) is 5.62. The van der Waals surface area contributed by atoms with E-state index in [0.717, 1.165) is 57.8 Å². The number of hydrogen-bond donors (Lipinski definition) is 3. The van der Waals surface area contributed by atoms with Crippen molar-refractivity contribution < 1.29 is 15.0 Å². The van der Waals surface area contributed by atoms with Crippen LogP contribution in [0.25, 0.3) is 0 Å². The van der Waals surface area contributed by atoms with Gasteiger partial charge in [0.25, 0.3) is 0 Å².